The number of aromatic amines is 1. The van der Waals surface area contributed by atoms with E-state index in [1.165, 1.54) is 0 Å². The Labute approximate surface area is 123 Å². The molecule has 2 aromatic heterocycles. The lowest BCUT2D eigenvalue weighted by atomic mass is 10.0. The highest BCUT2D eigenvalue weighted by atomic mass is 16.2. The van der Waals surface area contributed by atoms with Crippen LogP contribution in [-0.2, 0) is 17.6 Å². The van der Waals surface area contributed by atoms with Crippen molar-refractivity contribution >= 4 is 5.91 Å². The molecule has 0 aromatic carbocycles. The first kappa shape index (κ1) is 13.8. The molecule has 3 rings (SSSR count). The van der Waals surface area contributed by atoms with E-state index in [0.29, 0.717) is 6.54 Å². The van der Waals surface area contributed by atoms with Crippen LogP contribution in [0.15, 0.2) is 30.7 Å². The molecule has 0 unspecified atom stereocenters. The van der Waals surface area contributed by atoms with E-state index in [-0.39, 0.29) is 11.9 Å². The summed E-state index contributed by atoms with van der Waals surface area (Å²) in [7, 11) is 1.83. The highest BCUT2D eigenvalue weighted by Gasteiger charge is 2.30. The van der Waals surface area contributed by atoms with Crippen molar-refractivity contribution in [2.75, 3.05) is 20.1 Å². The lowest BCUT2D eigenvalue weighted by Gasteiger charge is -2.27. The summed E-state index contributed by atoms with van der Waals surface area (Å²) < 4.78 is 0. The average molecular weight is 285 g/mol. The molecule has 0 radical (unpaired) electrons. The Morgan fingerprint density at radius 2 is 2.33 bits per heavy atom. The molecular weight excluding hydrogens is 266 g/mol. The number of hydrogen-bond donors (Lipinski definition) is 2. The zero-order chi connectivity index (χ0) is 14.7. The van der Waals surface area contributed by atoms with Gasteiger partial charge in [0, 0.05) is 50.6 Å². The van der Waals surface area contributed by atoms with Crippen molar-refractivity contribution in [2.24, 2.45) is 0 Å². The van der Waals surface area contributed by atoms with E-state index in [9.17, 15) is 4.79 Å². The summed E-state index contributed by atoms with van der Waals surface area (Å²) in [5, 5.41) is 3.25. The topological polar surface area (TPSA) is 73.9 Å². The van der Waals surface area contributed by atoms with Gasteiger partial charge in [0.2, 0.25) is 5.91 Å². The molecule has 110 valence electrons. The number of imidazole rings is 1. The molecule has 2 N–H and O–H groups in total. The molecule has 1 atom stereocenters. The van der Waals surface area contributed by atoms with E-state index in [2.05, 4.69) is 20.3 Å². The maximum atomic E-state index is 12.6. The van der Waals surface area contributed by atoms with Crippen molar-refractivity contribution in [2.45, 2.75) is 18.9 Å². The van der Waals surface area contributed by atoms with Gasteiger partial charge in [0.15, 0.2) is 0 Å². The number of likely N-dealkylation sites (N-methyl/N-ethyl adjacent to an activating group) is 1. The Kier molecular flexibility index (Phi) is 3.96. The van der Waals surface area contributed by atoms with Crippen LogP contribution in [0.25, 0.3) is 0 Å². The van der Waals surface area contributed by atoms with Crippen LogP contribution < -0.4 is 5.32 Å². The van der Waals surface area contributed by atoms with Crippen LogP contribution in [0.5, 0.6) is 0 Å². The van der Waals surface area contributed by atoms with Crippen LogP contribution in [0, 0.1) is 0 Å². The molecular formula is C15H19N5O. The third-order valence-electron chi connectivity index (χ3n) is 3.80. The minimum absolute atomic E-state index is 0.0546. The highest BCUT2D eigenvalue weighted by Crippen LogP contribution is 2.20. The summed E-state index contributed by atoms with van der Waals surface area (Å²) in [5.74, 6) is 0.0546. The predicted molar refractivity (Wildman–Crippen MR) is 78.6 cm³/mol. The standard InChI is InChI=1S/C15H19N5O/c1-20(9-6-11-4-2-3-7-16-11)15(21)14-13-12(5-8-17-14)18-10-19-13/h2-4,7,10,14,17H,5-6,8-9H2,1H3,(H,18,19)/t14-/m1/s1. The molecule has 0 saturated carbocycles. The number of hydrogen-bond acceptors (Lipinski definition) is 4. The Balaban J connectivity index is 1.63. The van der Waals surface area contributed by atoms with E-state index < -0.39 is 0 Å². The number of fused-ring (bicyclic) bond motifs is 1. The first-order valence-electron chi connectivity index (χ1n) is 7.16. The van der Waals surface area contributed by atoms with Gasteiger partial charge in [-0.15, -0.1) is 0 Å². The number of nitrogens with zero attached hydrogens (tertiary/aromatic N) is 3. The summed E-state index contributed by atoms with van der Waals surface area (Å²) in [6.45, 7) is 1.44. The van der Waals surface area contributed by atoms with Gasteiger partial charge in [0.05, 0.1) is 12.0 Å². The SMILES string of the molecule is CN(CCc1ccccn1)C(=O)[C@@H]1NCCc2[nH]cnc21. The maximum absolute atomic E-state index is 12.6. The molecule has 0 bridgehead atoms. The van der Waals surface area contributed by atoms with Gasteiger partial charge < -0.3 is 15.2 Å². The molecule has 21 heavy (non-hydrogen) atoms. The normalized spacial score (nSPS) is 17.3. The third-order valence-corrected chi connectivity index (χ3v) is 3.80. The van der Waals surface area contributed by atoms with Crippen molar-refractivity contribution in [3.05, 3.63) is 47.8 Å². The molecule has 1 aliphatic rings. The molecule has 6 nitrogen and oxygen atoms in total. The number of pyridine rings is 1. The molecule has 2 aromatic rings. The number of amides is 1. The van der Waals surface area contributed by atoms with Gasteiger partial charge in [0.1, 0.15) is 6.04 Å². The summed E-state index contributed by atoms with van der Waals surface area (Å²) >= 11 is 0. The molecule has 0 saturated heterocycles. The van der Waals surface area contributed by atoms with Gasteiger partial charge in [0.25, 0.3) is 0 Å². The van der Waals surface area contributed by atoms with E-state index in [1.54, 1.807) is 17.4 Å². The zero-order valence-corrected chi connectivity index (χ0v) is 12.0. The number of carbonyl (C=O) groups is 1. The maximum Gasteiger partial charge on any atom is 0.245 e. The van der Waals surface area contributed by atoms with Crippen LogP contribution >= 0.6 is 0 Å². The summed E-state index contributed by atoms with van der Waals surface area (Å²) in [4.78, 5) is 26.0. The van der Waals surface area contributed by atoms with Crippen molar-refractivity contribution in [3.63, 3.8) is 0 Å². The van der Waals surface area contributed by atoms with Gasteiger partial charge in [-0.3, -0.25) is 9.78 Å². The van der Waals surface area contributed by atoms with Gasteiger partial charge in [-0.25, -0.2) is 4.98 Å². The van der Waals surface area contributed by atoms with Crippen molar-refractivity contribution in [3.8, 4) is 0 Å². The number of aromatic nitrogens is 3. The Morgan fingerprint density at radius 3 is 3.14 bits per heavy atom. The molecule has 6 heteroatoms. The Morgan fingerprint density at radius 1 is 1.43 bits per heavy atom. The molecule has 3 heterocycles. The first-order chi connectivity index (χ1) is 10.3. The van der Waals surface area contributed by atoms with Gasteiger partial charge in [-0.1, -0.05) is 6.07 Å². The van der Waals surface area contributed by atoms with Crippen molar-refractivity contribution < 1.29 is 4.79 Å². The lowest BCUT2D eigenvalue weighted by molar-refractivity contribution is -0.132. The number of nitrogens with one attached hydrogen (secondary N) is 2. The fraction of sp³-hybridized carbons (Fsp3) is 0.400. The summed E-state index contributed by atoms with van der Waals surface area (Å²) in [5.41, 5.74) is 2.88. The number of rotatable bonds is 4. The van der Waals surface area contributed by atoms with Gasteiger partial charge in [-0.2, -0.15) is 0 Å². The molecule has 0 aliphatic carbocycles. The zero-order valence-electron chi connectivity index (χ0n) is 12.0. The van der Waals surface area contributed by atoms with Crippen LogP contribution in [-0.4, -0.2) is 45.9 Å². The largest absolute Gasteiger partial charge is 0.348 e. The van der Waals surface area contributed by atoms with Crippen LogP contribution in [0.2, 0.25) is 0 Å². The fourth-order valence-corrected chi connectivity index (χ4v) is 2.58. The predicted octanol–water partition coefficient (Wildman–Crippen LogP) is 0.693. The highest BCUT2D eigenvalue weighted by molar-refractivity contribution is 5.83. The van der Waals surface area contributed by atoms with E-state index in [4.69, 9.17) is 0 Å². The molecule has 0 fully saturated rings. The quantitative estimate of drug-likeness (QED) is 0.867. The van der Waals surface area contributed by atoms with Crippen LogP contribution in [0.3, 0.4) is 0 Å². The monoisotopic (exact) mass is 285 g/mol. The summed E-state index contributed by atoms with van der Waals surface area (Å²) in [6, 6.07) is 5.49. The minimum Gasteiger partial charge on any atom is -0.348 e. The Hall–Kier alpha value is -2.21. The fourth-order valence-electron chi connectivity index (χ4n) is 2.58. The summed E-state index contributed by atoms with van der Waals surface area (Å²) in [6.07, 6.45) is 5.07. The second kappa shape index (κ2) is 6.05. The number of H-pyrrole nitrogens is 1. The first-order valence-corrected chi connectivity index (χ1v) is 7.16. The molecule has 1 aliphatic heterocycles. The van der Waals surface area contributed by atoms with Gasteiger partial charge in [-0.05, 0) is 12.1 Å². The Bertz CT molecular complexity index is 610. The van der Waals surface area contributed by atoms with E-state index in [0.717, 1.165) is 36.5 Å². The van der Waals surface area contributed by atoms with Crippen LogP contribution in [0.1, 0.15) is 23.1 Å². The average Bonchev–Trinajstić information content (AvgIpc) is 3.01. The van der Waals surface area contributed by atoms with E-state index >= 15 is 0 Å². The van der Waals surface area contributed by atoms with Crippen LogP contribution in [0.4, 0.5) is 0 Å². The molecule has 1 amide bonds. The van der Waals surface area contributed by atoms with Crippen molar-refractivity contribution in [1.29, 1.82) is 0 Å². The smallest absolute Gasteiger partial charge is 0.245 e. The van der Waals surface area contributed by atoms with E-state index in [1.807, 2.05) is 25.2 Å². The minimum atomic E-state index is -0.339. The second-order valence-electron chi connectivity index (χ2n) is 5.23. The van der Waals surface area contributed by atoms with Gasteiger partial charge >= 0.3 is 0 Å². The number of carbonyl (C=O) groups excluding carboxylic acids is 1. The second-order valence-corrected chi connectivity index (χ2v) is 5.23. The lowest BCUT2D eigenvalue weighted by Crippen LogP contribution is -2.43. The third kappa shape index (κ3) is 2.95. The van der Waals surface area contributed by atoms with Crippen molar-refractivity contribution in [1.82, 2.24) is 25.2 Å². The molecule has 0 spiro atoms.